The number of aromatic nitrogens is 2. The van der Waals surface area contributed by atoms with Crippen molar-refractivity contribution in [2.24, 2.45) is 7.05 Å². The number of carbonyl (C=O) groups is 1. The summed E-state index contributed by atoms with van der Waals surface area (Å²) < 4.78 is 1.84. The van der Waals surface area contributed by atoms with Crippen LogP contribution in [0.25, 0.3) is 11.3 Å². The fourth-order valence-electron chi connectivity index (χ4n) is 3.26. The van der Waals surface area contributed by atoms with Crippen LogP contribution in [0.15, 0.2) is 59.5 Å². The molecular weight excluding hydrogens is 330 g/mol. The van der Waals surface area contributed by atoms with Crippen LogP contribution < -0.4 is 0 Å². The summed E-state index contributed by atoms with van der Waals surface area (Å²) in [5, 5.41) is 4.57. The average Bonchev–Trinajstić information content (AvgIpc) is 2.99. The van der Waals surface area contributed by atoms with Gasteiger partial charge in [-0.25, -0.2) is 0 Å². The molecule has 0 atom stereocenters. The maximum Gasteiger partial charge on any atom is 0.274 e. The molecule has 0 spiro atoms. The highest BCUT2D eigenvalue weighted by Crippen LogP contribution is 2.42. The molecule has 0 saturated carbocycles. The summed E-state index contributed by atoms with van der Waals surface area (Å²) in [6, 6.07) is 18.3. The molecule has 1 aromatic heterocycles. The van der Waals surface area contributed by atoms with Gasteiger partial charge in [0.25, 0.3) is 5.91 Å². The van der Waals surface area contributed by atoms with Crippen LogP contribution in [0.2, 0.25) is 0 Å². The van der Waals surface area contributed by atoms with Crippen molar-refractivity contribution in [1.29, 1.82) is 0 Å². The van der Waals surface area contributed by atoms with Crippen LogP contribution >= 0.6 is 11.8 Å². The molecule has 0 bridgehead atoms. The molecule has 3 aromatic rings. The first-order valence-electron chi connectivity index (χ1n) is 8.22. The monoisotopic (exact) mass is 349 g/mol. The summed E-state index contributed by atoms with van der Waals surface area (Å²) in [6.07, 6.45) is 0. The topological polar surface area (TPSA) is 38.1 Å². The van der Waals surface area contributed by atoms with E-state index in [1.54, 1.807) is 16.7 Å². The predicted molar refractivity (Wildman–Crippen MR) is 100 cm³/mol. The van der Waals surface area contributed by atoms with Crippen LogP contribution in [0.1, 0.15) is 21.6 Å². The van der Waals surface area contributed by atoms with E-state index in [4.69, 9.17) is 0 Å². The average molecular weight is 349 g/mol. The highest BCUT2D eigenvalue weighted by Gasteiger charge is 2.28. The van der Waals surface area contributed by atoms with Gasteiger partial charge in [0.15, 0.2) is 5.69 Å². The summed E-state index contributed by atoms with van der Waals surface area (Å²) >= 11 is 1.77. The number of hydrogen-bond donors (Lipinski definition) is 0. The number of rotatable bonds is 3. The molecule has 0 radical (unpaired) electrons. The Hall–Kier alpha value is -2.53. The highest BCUT2D eigenvalue weighted by atomic mass is 32.2. The standard InChI is InChI=1S/C20H19N3OS/c1-22(12-14-8-4-3-5-9-14)20(24)18-16-13-25-17-11-7-6-10-15(17)19(16)23(2)21-18/h3-11H,12-13H2,1-2H3. The number of nitrogens with zero attached hydrogens (tertiary/aromatic N) is 3. The Labute approximate surface area is 151 Å². The summed E-state index contributed by atoms with van der Waals surface area (Å²) in [5.74, 6) is 0.751. The smallest absolute Gasteiger partial charge is 0.274 e. The maximum atomic E-state index is 13.0. The van der Waals surface area contributed by atoms with E-state index in [1.165, 1.54) is 4.90 Å². The van der Waals surface area contributed by atoms with Gasteiger partial charge in [0.1, 0.15) is 0 Å². The zero-order valence-corrected chi connectivity index (χ0v) is 15.1. The summed E-state index contributed by atoms with van der Waals surface area (Å²) in [7, 11) is 3.75. The molecule has 4 rings (SSSR count). The summed E-state index contributed by atoms with van der Waals surface area (Å²) in [5.41, 5.74) is 4.94. The lowest BCUT2D eigenvalue weighted by Crippen LogP contribution is -2.27. The molecule has 1 amide bonds. The molecule has 0 N–H and O–H groups in total. The number of aryl methyl sites for hydroxylation is 1. The minimum atomic E-state index is -0.0271. The summed E-state index contributed by atoms with van der Waals surface area (Å²) in [4.78, 5) is 16.0. The van der Waals surface area contributed by atoms with Crippen molar-refractivity contribution in [3.8, 4) is 11.3 Å². The van der Waals surface area contributed by atoms with E-state index < -0.39 is 0 Å². The first kappa shape index (κ1) is 16.0. The lowest BCUT2D eigenvalue weighted by molar-refractivity contribution is 0.0777. The lowest BCUT2D eigenvalue weighted by atomic mass is 10.1. The molecule has 1 aliphatic heterocycles. The van der Waals surface area contributed by atoms with Crippen molar-refractivity contribution in [2.45, 2.75) is 17.2 Å². The Morgan fingerprint density at radius 3 is 2.68 bits per heavy atom. The van der Waals surface area contributed by atoms with Gasteiger partial charge in [-0.15, -0.1) is 11.8 Å². The van der Waals surface area contributed by atoms with Gasteiger partial charge in [-0.1, -0.05) is 48.5 Å². The van der Waals surface area contributed by atoms with Crippen molar-refractivity contribution in [3.05, 3.63) is 71.4 Å². The lowest BCUT2D eigenvalue weighted by Gasteiger charge is -2.19. The second kappa shape index (κ2) is 6.41. The molecule has 2 aromatic carbocycles. The second-order valence-corrected chi connectivity index (χ2v) is 7.25. The molecule has 4 nitrogen and oxygen atoms in total. The fourth-order valence-corrected chi connectivity index (χ4v) is 4.33. The van der Waals surface area contributed by atoms with Gasteiger partial charge < -0.3 is 4.90 Å². The normalized spacial score (nSPS) is 12.4. The van der Waals surface area contributed by atoms with Crippen LogP contribution in [-0.4, -0.2) is 27.6 Å². The van der Waals surface area contributed by atoms with Crippen LogP contribution in [0, 0.1) is 0 Å². The number of hydrogen-bond acceptors (Lipinski definition) is 3. The maximum absolute atomic E-state index is 13.0. The van der Waals surface area contributed by atoms with Crippen molar-refractivity contribution in [2.75, 3.05) is 7.05 Å². The van der Waals surface area contributed by atoms with Crippen LogP contribution in [0.5, 0.6) is 0 Å². The first-order valence-corrected chi connectivity index (χ1v) is 9.21. The number of amides is 1. The third-order valence-corrected chi connectivity index (χ3v) is 5.57. The number of carbonyl (C=O) groups excluding carboxylic acids is 1. The fraction of sp³-hybridized carbons (Fsp3) is 0.200. The molecule has 1 aliphatic rings. The van der Waals surface area contributed by atoms with Crippen LogP contribution in [-0.2, 0) is 19.3 Å². The molecule has 126 valence electrons. The highest BCUT2D eigenvalue weighted by molar-refractivity contribution is 7.98. The van der Waals surface area contributed by atoms with Crippen molar-refractivity contribution in [3.63, 3.8) is 0 Å². The van der Waals surface area contributed by atoms with E-state index in [2.05, 4.69) is 17.2 Å². The van der Waals surface area contributed by atoms with E-state index in [9.17, 15) is 4.79 Å². The minimum absolute atomic E-state index is 0.0271. The molecular formula is C20H19N3OS. The number of thioether (sulfide) groups is 1. The largest absolute Gasteiger partial charge is 0.336 e. The molecule has 25 heavy (non-hydrogen) atoms. The molecule has 0 fully saturated rings. The number of fused-ring (bicyclic) bond motifs is 3. The van der Waals surface area contributed by atoms with Crippen molar-refractivity contribution < 1.29 is 4.79 Å². The SMILES string of the molecule is CN(Cc1ccccc1)C(=O)c1nn(C)c2c1CSc1ccccc1-2. The quantitative estimate of drug-likeness (QED) is 0.718. The van der Waals surface area contributed by atoms with Gasteiger partial charge in [-0.3, -0.25) is 9.48 Å². The van der Waals surface area contributed by atoms with Gasteiger partial charge >= 0.3 is 0 Å². The Balaban J connectivity index is 1.67. The van der Waals surface area contributed by atoms with E-state index >= 15 is 0 Å². The first-order chi connectivity index (χ1) is 12.1. The van der Waals surface area contributed by atoms with Gasteiger partial charge in [0, 0.05) is 42.4 Å². The Morgan fingerprint density at radius 2 is 1.88 bits per heavy atom. The number of benzene rings is 2. The third kappa shape index (κ3) is 2.85. The van der Waals surface area contributed by atoms with Crippen LogP contribution in [0.3, 0.4) is 0 Å². The predicted octanol–water partition coefficient (Wildman–Crippen LogP) is 3.97. The molecule has 0 saturated heterocycles. The van der Waals surface area contributed by atoms with E-state index in [1.807, 2.05) is 61.2 Å². The van der Waals surface area contributed by atoms with Crippen molar-refractivity contribution in [1.82, 2.24) is 14.7 Å². The Bertz CT molecular complexity index is 933. The molecule has 0 aliphatic carbocycles. The van der Waals surface area contributed by atoms with Gasteiger partial charge in [-0.2, -0.15) is 5.10 Å². The molecule has 2 heterocycles. The van der Waals surface area contributed by atoms with Gasteiger partial charge in [-0.05, 0) is 11.6 Å². The second-order valence-electron chi connectivity index (χ2n) is 6.23. The Kier molecular flexibility index (Phi) is 4.09. The van der Waals surface area contributed by atoms with Crippen LogP contribution in [0.4, 0.5) is 0 Å². The molecule has 5 heteroatoms. The van der Waals surface area contributed by atoms with Crippen molar-refractivity contribution >= 4 is 17.7 Å². The van der Waals surface area contributed by atoms with E-state index in [-0.39, 0.29) is 5.91 Å². The van der Waals surface area contributed by atoms with Gasteiger partial charge in [0.2, 0.25) is 0 Å². The minimum Gasteiger partial charge on any atom is -0.336 e. The van der Waals surface area contributed by atoms with E-state index in [0.29, 0.717) is 12.2 Å². The van der Waals surface area contributed by atoms with Gasteiger partial charge in [0.05, 0.1) is 5.69 Å². The zero-order chi connectivity index (χ0) is 17.4. The third-order valence-electron chi connectivity index (χ3n) is 4.47. The zero-order valence-electron chi connectivity index (χ0n) is 14.3. The Morgan fingerprint density at radius 1 is 1.16 bits per heavy atom. The summed E-state index contributed by atoms with van der Waals surface area (Å²) in [6.45, 7) is 0.578. The molecule has 0 unspecified atom stereocenters. The van der Waals surface area contributed by atoms with E-state index in [0.717, 1.165) is 28.1 Å².